The number of fused-ring (bicyclic) bond motifs is 1. The molecule has 3 rings (SSSR count). The van der Waals surface area contributed by atoms with Gasteiger partial charge in [0.05, 0.1) is 5.39 Å². The van der Waals surface area contributed by atoms with Crippen LogP contribution in [0.2, 0.25) is 0 Å². The van der Waals surface area contributed by atoms with Gasteiger partial charge in [-0.2, -0.15) is 0 Å². The average Bonchev–Trinajstić information content (AvgIpc) is 2.97. The van der Waals surface area contributed by atoms with E-state index >= 15 is 0 Å². The second-order valence-corrected chi connectivity index (χ2v) is 5.49. The van der Waals surface area contributed by atoms with E-state index in [1.54, 1.807) is 17.7 Å². The molecule has 0 fully saturated rings. The topological polar surface area (TPSA) is 63.8 Å². The average molecular weight is 284 g/mol. The van der Waals surface area contributed by atoms with Gasteiger partial charge in [-0.05, 0) is 23.4 Å². The minimum absolute atomic E-state index is 0.0449. The zero-order chi connectivity index (χ0) is 13.8. The molecule has 1 unspecified atom stereocenters. The molecule has 0 aliphatic carbocycles. The van der Waals surface area contributed by atoms with Crippen molar-refractivity contribution in [3.05, 3.63) is 53.7 Å². The van der Waals surface area contributed by atoms with E-state index < -0.39 is 0 Å². The summed E-state index contributed by atoms with van der Waals surface area (Å²) in [6, 6.07) is 12.2. The van der Waals surface area contributed by atoms with Gasteiger partial charge in [-0.1, -0.05) is 30.3 Å². The zero-order valence-electron chi connectivity index (χ0n) is 11.0. The Hall–Kier alpha value is -1.98. The van der Waals surface area contributed by atoms with E-state index in [9.17, 15) is 0 Å². The van der Waals surface area contributed by atoms with Gasteiger partial charge in [-0.3, -0.25) is 0 Å². The number of thiophene rings is 1. The van der Waals surface area contributed by atoms with Crippen molar-refractivity contribution in [3.63, 3.8) is 0 Å². The van der Waals surface area contributed by atoms with E-state index in [4.69, 9.17) is 5.73 Å². The van der Waals surface area contributed by atoms with E-state index in [0.29, 0.717) is 0 Å². The molecule has 2 heterocycles. The van der Waals surface area contributed by atoms with E-state index in [0.717, 1.165) is 34.6 Å². The smallest absolute Gasteiger partial charge is 0.138 e. The van der Waals surface area contributed by atoms with Crippen molar-refractivity contribution in [2.75, 3.05) is 11.9 Å². The van der Waals surface area contributed by atoms with Crippen molar-refractivity contribution in [1.82, 2.24) is 9.97 Å². The fraction of sp³-hybridized carbons (Fsp3) is 0.200. The summed E-state index contributed by atoms with van der Waals surface area (Å²) in [5.41, 5.74) is 7.35. The normalized spacial score (nSPS) is 12.4. The summed E-state index contributed by atoms with van der Waals surface area (Å²) in [6.07, 6.45) is 2.46. The highest BCUT2D eigenvalue weighted by Crippen LogP contribution is 2.24. The summed E-state index contributed by atoms with van der Waals surface area (Å²) in [7, 11) is 0. The number of aromatic nitrogens is 2. The molecule has 0 aliphatic heterocycles. The summed E-state index contributed by atoms with van der Waals surface area (Å²) in [4.78, 5) is 9.54. The van der Waals surface area contributed by atoms with Crippen molar-refractivity contribution in [1.29, 1.82) is 0 Å². The van der Waals surface area contributed by atoms with Crippen LogP contribution < -0.4 is 11.1 Å². The van der Waals surface area contributed by atoms with Crippen LogP contribution in [0.5, 0.6) is 0 Å². The fourth-order valence-electron chi connectivity index (χ4n) is 2.14. The quantitative estimate of drug-likeness (QED) is 0.755. The van der Waals surface area contributed by atoms with Crippen LogP contribution in [0, 0.1) is 0 Å². The molecule has 102 valence electrons. The van der Waals surface area contributed by atoms with Crippen LogP contribution in [0.4, 0.5) is 5.82 Å². The third-order valence-corrected chi connectivity index (χ3v) is 4.06. The van der Waals surface area contributed by atoms with Crippen LogP contribution in [0.1, 0.15) is 18.0 Å². The van der Waals surface area contributed by atoms with E-state index in [2.05, 4.69) is 27.4 Å². The molecule has 0 amide bonds. The first kappa shape index (κ1) is 13.0. The molecule has 3 N–H and O–H groups in total. The lowest BCUT2D eigenvalue weighted by molar-refractivity contribution is 0.674. The largest absolute Gasteiger partial charge is 0.369 e. The molecule has 2 aromatic heterocycles. The predicted molar refractivity (Wildman–Crippen MR) is 83.9 cm³/mol. The monoisotopic (exact) mass is 284 g/mol. The fourth-order valence-corrected chi connectivity index (χ4v) is 2.88. The number of benzene rings is 1. The van der Waals surface area contributed by atoms with Gasteiger partial charge < -0.3 is 11.1 Å². The Morgan fingerprint density at radius 3 is 2.85 bits per heavy atom. The molecule has 1 atom stereocenters. The molecular formula is C15H16N4S. The molecular weight excluding hydrogens is 268 g/mol. The molecule has 0 saturated carbocycles. The van der Waals surface area contributed by atoms with Crippen LogP contribution in [-0.2, 0) is 0 Å². The first-order valence-electron chi connectivity index (χ1n) is 6.57. The lowest BCUT2D eigenvalue weighted by atomic mass is 10.1. The van der Waals surface area contributed by atoms with Crippen molar-refractivity contribution in [2.24, 2.45) is 5.73 Å². The van der Waals surface area contributed by atoms with E-state index in [1.165, 1.54) is 0 Å². The number of hydrogen-bond acceptors (Lipinski definition) is 5. The number of anilines is 1. The first-order chi connectivity index (χ1) is 9.84. The zero-order valence-corrected chi connectivity index (χ0v) is 11.8. The minimum atomic E-state index is 0.0449. The van der Waals surface area contributed by atoms with Crippen LogP contribution in [0.25, 0.3) is 10.2 Å². The molecule has 4 nitrogen and oxygen atoms in total. The van der Waals surface area contributed by atoms with E-state index in [1.807, 2.05) is 29.6 Å². The Bertz CT molecular complexity index is 680. The maximum Gasteiger partial charge on any atom is 0.138 e. The van der Waals surface area contributed by atoms with Gasteiger partial charge in [0.2, 0.25) is 0 Å². The van der Waals surface area contributed by atoms with Crippen LogP contribution in [0.15, 0.2) is 48.1 Å². The Balaban J connectivity index is 1.61. The van der Waals surface area contributed by atoms with Gasteiger partial charge in [-0.15, -0.1) is 11.3 Å². The van der Waals surface area contributed by atoms with Gasteiger partial charge in [0.15, 0.2) is 0 Å². The van der Waals surface area contributed by atoms with Crippen molar-refractivity contribution >= 4 is 27.4 Å². The highest BCUT2D eigenvalue weighted by atomic mass is 32.1. The van der Waals surface area contributed by atoms with Gasteiger partial charge in [0.1, 0.15) is 17.0 Å². The summed E-state index contributed by atoms with van der Waals surface area (Å²) >= 11 is 1.62. The number of nitrogens with zero attached hydrogens (tertiary/aromatic N) is 2. The molecule has 5 heteroatoms. The lowest BCUT2D eigenvalue weighted by Gasteiger charge is -2.13. The number of rotatable bonds is 5. The van der Waals surface area contributed by atoms with Gasteiger partial charge in [0, 0.05) is 12.6 Å². The van der Waals surface area contributed by atoms with Crippen LogP contribution in [0.3, 0.4) is 0 Å². The predicted octanol–water partition coefficient (Wildman–Crippen LogP) is 3.19. The van der Waals surface area contributed by atoms with Crippen molar-refractivity contribution < 1.29 is 0 Å². The summed E-state index contributed by atoms with van der Waals surface area (Å²) < 4.78 is 0. The third-order valence-electron chi connectivity index (χ3n) is 3.24. The molecule has 0 aliphatic rings. The second kappa shape index (κ2) is 5.98. The SMILES string of the molecule is NC(CCNc1ncnc2sccc12)c1ccccc1. The summed E-state index contributed by atoms with van der Waals surface area (Å²) in [5, 5.41) is 6.45. The number of nitrogens with one attached hydrogen (secondary N) is 1. The summed E-state index contributed by atoms with van der Waals surface area (Å²) in [5.74, 6) is 0.886. The van der Waals surface area contributed by atoms with Crippen molar-refractivity contribution in [2.45, 2.75) is 12.5 Å². The summed E-state index contributed by atoms with van der Waals surface area (Å²) in [6.45, 7) is 0.790. The van der Waals surface area contributed by atoms with Crippen molar-refractivity contribution in [3.8, 4) is 0 Å². The maximum atomic E-state index is 6.18. The first-order valence-corrected chi connectivity index (χ1v) is 7.45. The van der Waals surface area contributed by atoms with Crippen LogP contribution in [-0.4, -0.2) is 16.5 Å². The van der Waals surface area contributed by atoms with Gasteiger partial charge >= 0.3 is 0 Å². The molecule has 0 saturated heterocycles. The highest BCUT2D eigenvalue weighted by molar-refractivity contribution is 7.16. The molecule has 20 heavy (non-hydrogen) atoms. The maximum absolute atomic E-state index is 6.18. The second-order valence-electron chi connectivity index (χ2n) is 4.59. The molecule has 1 aromatic carbocycles. The minimum Gasteiger partial charge on any atom is -0.369 e. The Morgan fingerprint density at radius 1 is 1.15 bits per heavy atom. The molecule has 0 bridgehead atoms. The van der Waals surface area contributed by atoms with Gasteiger partial charge in [-0.25, -0.2) is 9.97 Å². The van der Waals surface area contributed by atoms with E-state index in [-0.39, 0.29) is 6.04 Å². The third kappa shape index (κ3) is 2.79. The standard InChI is InChI=1S/C15H16N4S/c16-13(11-4-2-1-3-5-11)6-8-17-14-12-7-9-20-15(12)19-10-18-14/h1-5,7,9-10,13H,6,8,16H2,(H,17,18,19). The molecule has 0 spiro atoms. The van der Waals surface area contributed by atoms with Crippen LogP contribution >= 0.6 is 11.3 Å². The van der Waals surface area contributed by atoms with Gasteiger partial charge in [0.25, 0.3) is 0 Å². The Labute approximate surface area is 121 Å². The Morgan fingerprint density at radius 2 is 2.00 bits per heavy atom. The molecule has 0 radical (unpaired) electrons. The number of nitrogens with two attached hydrogens (primary N) is 1. The Kier molecular flexibility index (Phi) is 3.90. The number of hydrogen-bond donors (Lipinski definition) is 2. The molecule has 3 aromatic rings. The highest BCUT2D eigenvalue weighted by Gasteiger charge is 2.07. The lowest BCUT2D eigenvalue weighted by Crippen LogP contribution is -2.15.